The fraction of sp³-hybridized carbons (Fsp3) is 0.318. The van der Waals surface area contributed by atoms with Crippen molar-refractivity contribution in [3.8, 4) is 0 Å². The summed E-state index contributed by atoms with van der Waals surface area (Å²) in [7, 11) is 1.78. The Kier molecular flexibility index (Phi) is 6.14. The van der Waals surface area contributed by atoms with Crippen LogP contribution in [-0.2, 0) is 0 Å². The zero-order chi connectivity index (χ0) is 21.9. The second kappa shape index (κ2) is 8.61. The second-order valence-corrected chi connectivity index (χ2v) is 7.19. The van der Waals surface area contributed by atoms with Crippen LogP contribution in [0.5, 0.6) is 0 Å². The van der Waals surface area contributed by atoms with Gasteiger partial charge in [0, 0.05) is 43.4 Å². The van der Waals surface area contributed by atoms with Gasteiger partial charge in [0.2, 0.25) is 11.9 Å². The van der Waals surface area contributed by atoms with Crippen molar-refractivity contribution >= 4 is 17.0 Å². The van der Waals surface area contributed by atoms with E-state index in [1.807, 2.05) is 38.3 Å². The Morgan fingerprint density at radius 2 is 2.07 bits per heavy atom. The van der Waals surface area contributed by atoms with Gasteiger partial charge in [0.25, 0.3) is 0 Å². The van der Waals surface area contributed by atoms with Crippen LogP contribution in [0.2, 0.25) is 0 Å². The van der Waals surface area contributed by atoms with E-state index in [1.54, 1.807) is 24.0 Å². The third kappa shape index (κ3) is 4.17. The molecule has 0 unspecified atom stereocenters. The first kappa shape index (κ1) is 21.4. The molecule has 3 aromatic rings. The Morgan fingerprint density at radius 3 is 2.63 bits per heavy atom. The molecule has 1 aliphatic rings. The first-order valence-corrected chi connectivity index (χ1v) is 9.69. The second-order valence-electron chi connectivity index (χ2n) is 7.19. The van der Waals surface area contributed by atoms with Crippen LogP contribution in [0.15, 0.2) is 49.6 Å². The van der Waals surface area contributed by atoms with Gasteiger partial charge < -0.3 is 11.1 Å². The maximum Gasteiger partial charge on any atom is 0.249 e. The molecule has 0 bridgehead atoms. The summed E-state index contributed by atoms with van der Waals surface area (Å²) >= 11 is 0. The predicted octanol–water partition coefficient (Wildman–Crippen LogP) is 4.53. The number of halogens is 2. The fourth-order valence-corrected chi connectivity index (χ4v) is 3.69. The highest BCUT2D eigenvalue weighted by Gasteiger charge is 2.46. The third-order valence-electron chi connectivity index (χ3n) is 5.17. The summed E-state index contributed by atoms with van der Waals surface area (Å²) in [4.78, 5) is 8.78. The Hall–Kier alpha value is -3.29. The number of hydrogen-bond acceptors (Lipinski definition) is 5. The van der Waals surface area contributed by atoms with Crippen molar-refractivity contribution in [2.75, 3.05) is 12.4 Å². The average Bonchev–Trinajstić information content (AvgIpc) is 3.11. The van der Waals surface area contributed by atoms with E-state index in [9.17, 15) is 8.78 Å². The van der Waals surface area contributed by atoms with Gasteiger partial charge in [-0.25, -0.2) is 23.3 Å². The van der Waals surface area contributed by atoms with Crippen LogP contribution in [0.1, 0.15) is 48.1 Å². The number of nitrogens with zero attached hydrogens (tertiary/aromatic N) is 4. The number of fused-ring (bicyclic) bond motifs is 1. The van der Waals surface area contributed by atoms with Crippen molar-refractivity contribution < 1.29 is 8.78 Å². The van der Waals surface area contributed by atoms with Gasteiger partial charge in [-0.1, -0.05) is 12.7 Å². The minimum Gasteiger partial charge on any atom is -0.405 e. The van der Waals surface area contributed by atoms with Crippen molar-refractivity contribution in [1.82, 2.24) is 19.6 Å². The summed E-state index contributed by atoms with van der Waals surface area (Å²) in [6, 6.07) is 3.99. The number of aryl methyl sites for hydroxylation is 1. The van der Waals surface area contributed by atoms with Crippen molar-refractivity contribution in [2.45, 2.75) is 38.5 Å². The molecule has 158 valence electrons. The Bertz CT molecular complexity index is 1080. The van der Waals surface area contributed by atoms with E-state index < -0.39 is 5.92 Å². The minimum absolute atomic E-state index is 0.104. The van der Waals surface area contributed by atoms with Crippen LogP contribution in [0.4, 0.5) is 14.7 Å². The molecule has 0 aliphatic heterocycles. The number of nitrogens with one attached hydrogen (secondary N) is 1. The van der Waals surface area contributed by atoms with Gasteiger partial charge in [-0.3, -0.25) is 0 Å². The molecule has 30 heavy (non-hydrogen) atoms. The predicted molar refractivity (Wildman–Crippen MR) is 116 cm³/mol. The van der Waals surface area contributed by atoms with Gasteiger partial charge in [0.05, 0.1) is 17.4 Å². The van der Waals surface area contributed by atoms with Crippen LogP contribution in [0, 0.1) is 6.92 Å². The number of anilines is 1. The number of allylic oxidation sites excluding steroid dienone is 1. The van der Waals surface area contributed by atoms with E-state index >= 15 is 0 Å². The summed E-state index contributed by atoms with van der Waals surface area (Å²) < 4.78 is 28.4. The Balaban J connectivity index is 0.000000806. The SMILES string of the molecule is C/C=C(/c1ccn2ncc(C3CC(F)(F)C3)c2c1)c1cnc(NC)nc1C.C=CN. The van der Waals surface area contributed by atoms with Crippen molar-refractivity contribution in [1.29, 1.82) is 0 Å². The third-order valence-corrected chi connectivity index (χ3v) is 5.17. The quantitative estimate of drug-likeness (QED) is 0.658. The zero-order valence-electron chi connectivity index (χ0n) is 17.4. The van der Waals surface area contributed by atoms with E-state index in [0.29, 0.717) is 5.95 Å². The molecule has 3 aromatic heterocycles. The van der Waals surface area contributed by atoms with Gasteiger partial charge in [-0.2, -0.15) is 5.10 Å². The lowest BCUT2D eigenvalue weighted by Gasteiger charge is -2.34. The molecule has 3 N–H and O–H groups in total. The molecule has 1 saturated carbocycles. The van der Waals surface area contributed by atoms with Gasteiger partial charge in [0.15, 0.2) is 0 Å². The number of rotatable bonds is 4. The Morgan fingerprint density at radius 1 is 1.37 bits per heavy atom. The maximum atomic E-state index is 13.3. The first-order chi connectivity index (χ1) is 14.3. The number of pyridine rings is 1. The van der Waals surface area contributed by atoms with Gasteiger partial charge >= 0.3 is 0 Å². The average molecular weight is 412 g/mol. The number of nitrogens with two attached hydrogens (primary N) is 1. The smallest absolute Gasteiger partial charge is 0.249 e. The van der Waals surface area contributed by atoms with E-state index in [-0.39, 0.29) is 18.8 Å². The van der Waals surface area contributed by atoms with E-state index in [1.165, 1.54) is 6.20 Å². The molecule has 0 saturated heterocycles. The minimum atomic E-state index is -2.55. The number of aromatic nitrogens is 4. The van der Waals surface area contributed by atoms with Crippen LogP contribution in [-0.4, -0.2) is 32.6 Å². The zero-order valence-corrected chi connectivity index (χ0v) is 17.4. The molecule has 0 radical (unpaired) electrons. The topological polar surface area (TPSA) is 81.1 Å². The standard InChI is InChI=1S/C20H21F2N5.C2H5N/c1-4-15(16-10-24-19(23-3)26-12(16)2)13-5-6-27-18(7-13)17(11-25-27)14-8-20(21,22)9-14;1-2-3/h4-7,10-11,14H,8-9H2,1-3H3,(H,23,24,26);2H,1,3H2/b15-4-;. The summed E-state index contributed by atoms with van der Waals surface area (Å²) in [5.74, 6) is -2.11. The van der Waals surface area contributed by atoms with Gasteiger partial charge in [-0.15, -0.1) is 0 Å². The van der Waals surface area contributed by atoms with Gasteiger partial charge in [-0.05, 0) is 49.2 Å². The lowest BCUT2D eigenvalue weighted by Crippen LogP contribution is -2.33. The Labute approximate surface area is 174 Å². The highest BCUT2D eigenvalue weighted by Crippen LogP contribution is 2.49. The first-order valence-electron chi connectivity index (χ1n) is 9.69. The van der Waals surface area contributed by atoms with Gasteiger partial charge in [0.1, 0.15) is 0 Å². The molecule has 0 atom stereocenters. The molecule has 8 heteroatoms. The summed E-state index contributed by atoms with van der Waals surface area (Å²) in [6.07, 6.45) is 8.44. The van der Waals surface area contributed by atoms with E-state index in [0.717, 1.165) is 33.5 Å². The molecule has 6 nitrogen and oxygen atoms in total. The molecule has 1 aliphatic carbocycles. The van der Waals surface area contributed by atoms with E-state index in [4.69, 9.17) is 0 Å². The summed E-state index contributed by atoms with van der Waals surface area (Å²) in [5, 5.41) is 7.27. The van der Waals surface area contributed by atoms with Crippen LogP contribution < -0.4 is 11.1 Å². The van der Waals surface area contributed by atoms with Crippen molar-refractivity contribution in [3.05, 3.63) is 72.0 Å². The number of alkyl halides is 2. The van der Waals surface area contributed by atoms with Crippen LogP contribution >= 0.6 is 0 Å². The maximum absolute atomic E-state index is 13.3. The molecule has 1 fully saturated rings. The fourth-order valence-electron chi connectivity index (χ4n) is 3.69. The monoisotopic (exact) mass is 412 g/mol. The van der Waals surface area contributed by atoms with Crippen molar-refractivity contribution in [3.63, 3.8) is 0 Å². The lowest BCUT2D eigenvalue weighted by atomic mass is 9.77. The highest BCUT2D eigenvalue weighted by molar-refractivity contribution is 5.82. The highest BCUT2D eigenvalue weighted by atomic mass is 19.3. The van der Waals surface area contributed by atoms with Crippen molar-refractivity contribution in [2.24, 2.45) is 5.73 Å². The molecule has 0 amide bonds. The molecule has 0 spiro atoms. The largest absolute Gasteiger partial charge is 0.405 e. The van der Waals surface area contributed by atoms with Crippen LogP contribution in [0.25, 0.3) is 11.1 Å². The summed E-state index contributed by atoms with van der Waals surface area (Å²) in [5.41, 5.74) is 10.2. The lowest BCUT2D eigenvalue weighted by molar-refractivity contribution is -0.0864. The van der Waals surface area contributed by atoms with E-state index in [2.05, 4.69) is 32.7 Å². The number of hydrogen-bond donors (Lipinski definition) is 2. The molecular formula is C22H26F2N6. The summed E-state index contributed by atoms with van der Waals surface area (Å²) in [6.45, 7) is 7.05. The molecule has 0 aromatic carbocycles. The molecule has 3 heterocycles. The normalized spacial score (nSPS) is 15.8. The molecule has 4 rings (SSSR count). The molecular weight excluding hydrogens is 386 g/mol. The van der Waals surface area contributed by atoms with Crippen LogP contribution in [0.3, 0.4) is 0 Å².